The summed E-state index contributed by atoms with van der Waals surface area (Å²) >= 11 is 0. The number of aryl methyl sites for hydroxylation is 1. The third kappa shape index (κ3) is 3.49. The molecule has 1 aromatic heterocycles. The van der Waals surface area contributed by atoms with Gasteiger partial charge >= 0.3 is 0 Å². The van der Waals surface area contributed by atoms with Crippen molar-refractivity contribution in [3.8, 4) is 0 Å². The van der Waals surface area contributed by atoms with Crippen molar-refractivity contribution < 1.29 is 4.79 Å². The van der Waals surface area contributed by atoms with Crippen LogP contribution in [0.4, 0.5) is 0 Å². The number of carbonyl (C=O) groups excluding carboxylic acids is 1. The van der Waals surface area contributed by atoms with Crippen LogP contribution in [0.3, 0.4) is 0 Å². The summed E-state index contributed by atoms with van der Waals surface area (Å²) in [6.45, 7) is 3.25. The molecule has 0 radical (unpaired) electrons. The monoisotopic (exact) mass is 234 g/mol. The predicted octanol–water partition coefficient (Wildman–Crippen LogP) is 0.543. The zero-order chi connectivity index (χ0) is 12.1. The molecule has 1 fully saturated rings. The lowest BCUT2D eigenvalue weighted by molar-refractivity contribution is -0.123. The Morgan fingerprint density at radius 1 is 1.59 bits per heavy atom. The van der Waals surface area contributed by atoms with Crippen molar-refractivity contribution in [2.24, 2.45) is 0 Å². The van der Waals surface area contributed by atoms with Crippen molar-refractivity contribution in [2.75, 3.05) is 6.54 Å². The van der Waals surface area contributed by atoms with E-state index in [-0.39, 0.29) is 11.9 Å². The number of hydrogen-bond donors (Lipinski definition) is 2. The number of amides is 1. The average Bonchev–Trinajstić information content (AvgIpc) is 2.37. The third-order valence-electron chi connectivity index (χ3n) is 2.90. The highest BCUT2D eigenvalue weighted by Crippen LogP contribution is 2.07. The quantitative estimate of drug-likeness (QED) is 0.801. The van der Waals surface area contributed by atoms with Gasteiger partial charge in [0, 0.05) is 6.20 Å². The van der Waals surface area contributed by atoms with E-state index >= 15 is 0 Å². The summed E-state index contributed by atoms with van der Waals surface area (Å²) in [5.74, 6) is 0.800. The van der Waals surface area contributed by atoms with Crippen molar-refractivity contribution in [1.82, 2.24) is 20.6 Å². The highest BCUT2D eigenvalue weighted by Gasteiger charge is 2.19. The third-order valence-corrected chi connectivity index (χ3v) is 2.90. The number of aromatic nitrogens is 2. The van der Waals surface area contributed by atoms with Crippen LogP contribution in [0.2, 0.25) is 0 Å². The van der Waals surface area contributed by atoms with Crippen LogP contribution in [0.5, 0.6) is 0 Å². The van der Waals surface area contributed by atoms with E-state index in [0.717, 1.165) is 37.3 Å². The fourth-order valence-electron chi connectivity index (χ4n) is 1.98. The van der Waals surface area contributed by atoms with Crippen LogP contribution in [0.15, 0.2) is 12.3 Å². The second kappa shape index (κ2) is 5.72. The van der Waals surface area contributed by atoms with E-state index in [4.69, 9.17) is 0 Å². The molecule has 92 valence electrons. The number of nitrogens with one attached hydrogen (secondary N) is 2. The van der Waals surface area contributed by atoms with Crippen molar-refractivity contribution in [2.45, 2.75) is 38.8 Å². The summed E-state index contributed by atoms with van der Waals surface area (Å²) in [5, 5.41) is 6.13. The van der Waals surface area contributed by atoms with Gasteiger partial charge in [-0.15, -0.1) is 0 Å². The minimum atomic E-state index is -0.0355. The van der Waals surface area contributed by atoms with E-state index in [2.05, 4.69) is 20.6 Å². The summed E-state index contributed by atoms with van der Waals surface area (Å²) in [5.41, 5.74) is 0.849. The predicted molar refractivity (Wildman–Crippen MR) is 64.3 cm³/mol. The molecule has 5 nitrogen and oxygen atoms in total. The normalized spacial score (nSPS) is 19.9. The van der Waals surface area contributed by atoms with E-state index in [1.165, 1.54) is 0 Å². The Labute approximate surface area is 101 Å². The van der Waals surface area contributed by atoms with E-state index < -0.39 is 0 Å². The number of piperidine rings is 1. The first-order chi connectivity index (χ1) is 8.25. The molecule has 1 saturated heterocycles. The Kier molecular flexibility index (Phi) is 4.03. The van der Waals surface area contributed by atoms with E-state index in [0.29, 0.717) is 6.54 Å². The first-order valence-electron chi connectivity index (χ1n) is 6.05. The Morgan fingerprint density at radius 3 is 3.18 bits per heavy atom. The van der Waals surface area contributed by atoms with Crippen LogP contribution in [0.1, 0.15) is 30.8 Å². The van der Waals surface area contributed by atoms with E-state index in [1.54, 1.807) is 6.20 Å². The van der Waals surface area contributed by atoms with Gasteiger partial charge in [0.15, 0.2) is 0 Å². The van der Waals surface area contributed by atoms with Crippen molar-refractivity contribution in [3.63, 3.8) is 0 Å². The summed E-state index contributed by atoms with van der Waals surface area (Å²) in [4.78, 5) is 20.1. The summed E-state index contributed by atoms with van der Waals surface area (Å²) in [6.07, 6.45) is 4.92. The Bertz CT molecular complexity index is 388. The summed E-state index contributed by atoms with van der Waals surface area (Å²) in [7, 11) is 0. The molecule has 1 aromatic rings. The maximum Gasteiger partial charge on any atom is 0.237 e. The van der Waals surface area contributed by atoms with Gasteiger partial charge in [0.1, 0.15) is 5.82 Å². The molecule has 2 N–H and O–H groups in total. The van der Waals surface area contributed by atoms with Crippen molar-refractivity contribution in [3.05, 3.63) is 23.8 Å². The maximum atomic E-state index is 11.8. The average molecular weight is 234 g/mol. The molecule has 17 heavy (non-hydrogen) atoms. The Hall–Kier alpha value is -1.49. The van der Waals surface area contributed by atoms with Gasteiger partial charge in [0.05, 0.1) is 18.3 Å². The standard InChI is InChI=1S/C12H18N4O/c1-9-13-7-5-10(16-9)8-15-12(17)11-4-2-3-6-14-11/h5,7,11,14H,2-4,6,8H2,1H3,(H,15,17)/t11-/m1/s1. The first-order valence-corrected chi connectivity index (χ1v) is 6.05. The van der Waals surface area contributed by atoms with Gasteiger partial charge in [-0.1, -0.05) is 6.42 Å². The van der Waals surface area contributed by atoms with Gasteiger partial charge in [-0.3, -0.25) is 4.79 Å². The molecule has 1 aliphatic heterocycles. The van der Waals surface area contributed by atoms with Crippen molar-refractivity contribution >= 4 is 5.91 Å². The molecule has 1 aliphatic rings. The zero-order valence-electron chi connectivity index (χ0n) is 10.1. The molecule has 1 amide bonds. The van der Waals surface area contributed by atoms with E-state index in [9.17, 15) is 4.79 Å². The minimum absolute atomic E-state index is 0.0355. The van der Waals surface area contributed by atoms with Crippen LogP contribution in [-0.4, -0.2) is 28.5 Å². The molecular weight excluding hydrogens is 216 g/mol. The SMILES string of the molecule is Cc1nccc(CNC(=O)[C@H]2CCCCN2)n1. The first kappa shape index (κ1) is 12.0. The molecule has 0 spiro atoms. The highest BCUT2D eigenvalue weighted by atomic mass is 16.2. The van der Waals surface area contributed by atoms with Crippen LogP contribution >= 0.6 is 0 Å². The van der Waals surface area contributed by atoms with Gasteiger partial charge in [0.25, 0.3) is 0 Å². The number of carbonyl (C=O) groups is 1. The molecule has 1 atom stereocenters. The fraction of sp³-hybridized carbons (Fsp3) is 0.583. The van der Waals surface area contributed by atoms with Crippen LogP contribution in [-0.2, 0) is 11.3 Å². The second-order valence-corrected chi connectivity index (χ2v) is 4.32. The minimum Gasteiger partial charge on any atom is -0.349 e. The zero-order valence-corrected chi connectivity index (χ0v) is 10.1. The van der Waals surface area contributed by atoms with Gasteiger partial charge in [-0.25, -0.2) is 9.97 Å². The molecule has 0 bridgehead atoms. The van der Waals surface area contributed by atoms with Gasteiger partial charge < -0.3 is 10.6 Å². The highest BCUT2D eigenvalue weighted by molar-refractivity contribution is 5.81. The molecule has 0 saturated carbocycles. The molecule has 0 aromatic carbocycles. The lowest BCUT2D eigenvalue weighted by atomic mass is 10.0. The molecule has 0 aliphatic carbocycles. The summed E-state index contributed by atoms with van der Waals surface area (Å²) in [6, 6.07) is 1.79. The smallest absolute Gasteiger partial charge is 0.237 e. The topological polar surface area (TPSA) is 66.9 Å². The molecular formula is C12H18N4O. The van der Waals surface area contributed by atoms with Gasteiger partial charge in [-0.2, -0.15) is 0 Å². The number of hydrogen-bond acceptors (Lipinski definition) is 4. The molecule has 2 rings (SSSR count). The lowest BCUT2D eigenvalue weighted by Crippen LogP contribution is -2.46. The molecule has 0 unspecified atom stereocenters. The second-order valence-electron chi connectivity index (χ2n) is 4.32. The number of rotatable bonds is 3. The van der Waals surface area contributed by atoms with Crippen LogP contribution in [0, 0.1) is 6.92 Å². The largest absolute Gasteiger partial charge is 0.349 e. The van der Waals surface area contributed by atoms with Gasteiger partial charge in [-0.05, 0) is 32.4 Å². The van der Waals surface area contributed by atoms with Crippen molar-refractivity contribution in [1.29, 1.82) is 0 Å². The Morgan fingerprint density at radius 2 is 2.47 bits per heavy atom. The van der Waals surface area contributed by atoms with E-state index in [1.807, 2.05) is 13.0 Å². The lowest BCUT2D eigenvalue weighted by Gasteiger charge is -2.22. The fourth-order valence-corrected chi connectivity index (χ4v) is 1.98. The Balaban J connectivity index is 1.83. The van der Waals surface area contributed by atoms with Crippen LogP contribution < -0.4 is 10.6 Å². The molecule has 5 heteroatoms. The number of nitrogens with zero attached hydrogens (tertiary/aromatic N) is 2. The summed E-state index contributed by atoms with van der Waals surface area (Å²) < 4.78 is 0. The maximum absolute atomic E-state index is 11.8. The molecule has 2 heterocycles. The van der Waals surface area contributed by atoms with Gasteiger partial charge in [0.2, 0.25) is 5.91 Å². The van der Waals surface area contributed by atoms with Crippen LogP contribution in [0.25, 0.3) is 0 Å².